The number of nitrogens with one attached hydrogen (secondary N) is 1. The molecule has 0 radical (unpaired) electrons. The van der Waals surface area contributed by atoms with Gasteiger partial charge in [0.2, 0.25) is 21.8 Å². The molecular formula is C21H27N3O5S. The minimum absolute atomic E-state index is 0.118. The van der Waals surface area contributed by atoms with Crippen LogP contribution in [0.25, 0.3) is 0 Å². The second-order valence-electron chi connectivity index (χ2n) is 6.82. The van der Waals surface area contributed by atoms with E-state index in [2.05, 4.69) is 5.32 Å². The molecule has 2 amide bonds. The number of methoxy groups -OCH3 is 1. The lowest BCUT2D eigenvalue weighted by atomic mass is 10.0. The zero-order valence-electron chi connectivity index (χ0n) is 17.5. The highest BCUT2D eigenvalue weighted by Gasteiger charge is 2.32. The summed E-state index contributed by atoms with van der Waals surface area (Å²) in [6.07, 6.45) is 1.03. The van der Waals surface area contributed by atoms with Crippen LogP contribution in [0.4, 0.5) is 0 Å². The first kappa shape index (κ1) is 23.4. The highest BCUT2D eigenvalue weighted by Crippen LogP contribution is 2.25. The van der Waals surface area contributed by atoms with Gasteiger partial charge in [-0.15, -0.1) is 0 Å². The number of amides is 2. The number of carbonyl (C=O) groups is 2. The van der Waals surface area contributed by atoms with Crippen LogP contribution in [0.1, 0.15) is 17.2 Å². The minimum Gasteiger partial charge on any atom is -0.497 e. The molecule has 162 valence electrons. The van der Waals surface area contributed by atoms with Crippen LogP contribution in [0.15, 0.2) is 54.6 Å². The van der Waals surface area contributed by atoms with Crippen molar-refractivity contribution >= 4 is 21.8 Å². The maximum absolute atomic E-state index is 13.2. The minimum atomic E-state index is -3.56. The van der Waals surface area contributed by atoms with E-state index in [0.29, 0.717) is 11.3 Å². The lowest BCUT2D eigenvalue weighted by molar-refractivity contribution is -0.141. The van der Waals surface area contributed by atoms with Gasteiger partial charge in [-0.05, 0) is 23.3 Å². The second-order valence-corrected chi connectivity index (χ2v) is 8.91. The molecule has 2 rings (SSSR count). The van der Waals surface area contributed by atoms with Crippen LogP contribution in [0.5, 0.6) is 5.75 Å². The third-order valence-corrected chi connectivity index (χ3v) is 5.94. The van der Waals surface area contributed by atoms with Gasteiger partial charge in [-0.2, -0.15) is 4.31 Å². The number of nitrogens with zero attached hydrogens (tertiary/aromatic N) is 2. The Labute approximate surface area is 177 Å². The van der Waals surface area contributed by atoms with Crippen molar-refractivity contribution < 1.29 is 22.7 Å². The fraction of sp³-hybridized carbons (Fsp3) is 0.333. The summed E-state index contributed by atoms with van der Waals surface area (Å²) in [5.74, 6) is -0.194. The fourth-order valence-corrected chi connectivity index (χ4v) is 3.24. The zero-order valence-corrected chi connectivity index (χ0v) is 18.3. The summed E-state index contributed by atoms with van der Waals surface area (Å²) in [4.78, 5) is 27.3. The van der Waals surface area contributed by atoms with Crippen LogP contribution in [0.2, 0.25) is 0 Å². The van der Waals surface area contributed by atoms with E-state index < -0.39 is 22.0 Å². The highest BCUT2D eigenvalue weighted by atomic mass is 32.2. The van der Waals surface area contributed by atoms with Crippen LogP contribution in [-0.4, -0.2) is 63.4 Å². The van der Waals surface area contributed by atoms with E-state index in [1.807, 2.05) is 6.07 Å². The Balaban J connectivity index is 2.45. The van der Waals surface area contributed by atoms with Gasteiger partial charge in [-0.1, -0.05) is 42.5 Å². The van der Waals surface area contributed by atoms with Gasteiger partial charge < -0.3 is 15.0 Å². The third kappa shape index (κ3) is 6.04. The van der Waals surface area contributed by atoms with Crippen molar-refractivity contribution in [2.75, 3.05) is 34.0 Å². The molecule has 0 heterocycles. The molecule has 0 fully saturated rings. The molecular weight excluding hydrogens is 406 g/mol. The van der Waals surface area contributed by atoms with Gasteiger partial charge in [0.1, 0.15) is 11.8 Å². The number of hydrogen-bond acceptors (Lipinski definition) is 5. The Morgan fingerprint density at radius 2 is 1.67 bits per heavy atom. The van der Waals surface area contributed by atoms with Crippen molar-refractivity contribution in [1.29, 1.82) is 0 Å². The average molecular weight is 434 g/mol. The van der Waals surface area contributed by atoms with E-state index in [1.165, 1.54) is 19.0 Å². The topological polar surface area (TPSA) is 96.0 Å². The van der Waals surface area contributed by atoms with Gasteiger partial charge in [-0.3, -0.25) is 9.59 Å². The molecule has 0 saturated heterocycles. The molecule has 2 aromatic carbocycles. The SMILES string of the molecule is CNC(=O)[C@H](c1ccccc1)N(Cc1ccc(OC)cc1)C(=O)CN(C)S(C)(=O)=O. The predicted molar refractivity (Wildman–Crippen MR) is 114 cm³/mol. The lowest BCUT2D eigenvalue weighted by Gasteiger charge is -2.32. The molecule has 0 aliphatic rings. The van der Waals surface area contributed by atoms with Gasteiger partial charge in [0.05, 0.1) is 19.9 Å². The summed E-state index contributed by atoms with van der Waals surface area (Å²) >= 11 is 0. The van der Waals surface area contributed by atoms with Crippen molar-refractivity contribution in [3.8, 4) is 5.75 Å². The van der Waals surface area contributed by atoms with Gasteiger partial charge >= 0.3 is 0 Å². The monoisotopic (exact) mass is 433 g/mol. The molecule has 1 N–H and O–H groups in total. The molecule has 0 unspecified atom stereocenters. The number of carbonyl (C=O) groups excluding carboxylic acids is 2. The number of rotatable bonds is 9. The summed E-state index contributed by atoms with van der Waals surface area (Å²) in [6.45, 7) is -0.261. The lowest BCUT2D eigenvalue weighted by Crippen LogP contribution is -2.46. The van der Waals surface area contributed by atoms with Crippen molar-refractivity contribution in [2.24, 2.45) is 0 Å². The van der Waals surface area contributed by atoms with Gasteiger partial charge in [0.25, 0.3) is 0 Å². The van der Waals surface area contributed by atoms with Gasteiger partial charge in [0.15, 0.2) is 0 Å². The Bertz CT molecular complexity index is 962. The fourth-order valence-electron chi connectivity index (χ4n) is 2.89. The van der Waals surface area contributed by atoms with Crippen molar-refractivity contribution in [3.05, 3.63) is 65.7 Å². The first-order valence-corrected chi connectivity index (χ1v) is 11.1. The van der Waals surface area contributed by atoms with E-state index in [9.17, 15) is 18.0 Å². The van der Waals surface area contributed by atoms with Gasteiger partial charge in [-0.25, -0.2) is 8.42 Å². The Hall–Kier alpha value is -2.91. The van der Waals surface area contributed by atoms with Crippen LogP contribution >= 0.6 is 0 Å². The molecule has 0 spiro atoms. The van der Waals surface area contributed by atoms with E-state index >= 15 is 0 Å². The molecule has 0 aromatic heterocycles. The van der Waals surface area contributed by atoms with Crippen LogP contribution < -0.4 is 10.1 Å². The van der Waals surface area contributed by atoms with Gasteiger partial charge in [0, 0.05) is 20.6 Å². The number of hydrogen-bond donors (Lipinski definition) is 1. The van der Waals surface area contributed by atoms with Crippen LogP contribution in [-0.2, 0) is 26.2 Å². The van der Waals surface area contributed by atoms with E-state index in [-0.39, 0.29) is 19.0 Å². The number of benzene rings is 2. The van der Waals surface area contributed by atoms with Crippen molar-refractivity contribution in [3.63, 3.8) is 0 Å². The number of likely N-dealkylation sites (N-methyl/N-ethyl adjacent to an activating group) is 2. The molecule has 1 atom stereocenters. The van der Waals surface area contributed by atoms with Crippen molar-refractivity contribution in [2.45, 2.75) is 12.6 Å². The largest absolute Gasteiger partial charge is 0.497 e. The summed E-state index contributed by atoms with van der Waals surface area (Å²) in [5, 5.41) is 2.60. The highest BCUT2D eigenvalue weighted by molar-refractivity contribution is 7.88. The molecule has 8 nitrogen and oxygen atoms in total. The average Bonchev–Trinajstić information content (AvgIpc) is 2.73. The first-order valence-electron chi connectivity index (χ1n) is 9.27. The number of sulfonamides is 1. The third-order valence-electron chi connectivity index (χ3n) is 4.68. The van der Waals surface area contributed by atoms with E-state index in [1.54, 1.807) is 55.6 Å². The maximum atomic E-state index is 13.2. The molecule has 0 saturated carbocycles. The number of ether oxygens (including phenoxy) is 1. The Morgan fingerprint density at radius 3 is 2.17 bits per heavy atom. The van der Waals surface area contributed by atoms with Crippen molar-refractivity contribution in [1.82, 2.24) is 14.5 Å². The van der Waals surface area contributed by atoms with E-state index in [4.69, 9.17) is 4.74 Å². The molecule has 0 bridgehead atoms. The predicted octanol–water partition coefficient (Wildman–Crippen LogP) is 1.40. The van der Waals surface area contributed by atoms with Crippen LogP contribution in [0, 0.1) is 0 Å². The first-order chi connectivity index (χ1) is 14.2. The molecule has 9 heteroatoms. The maximum Gasteiger partial charge on any atom is 0.247 e. The zero-order chi connectivity index (χ0) is 22.3. The standard InChI is InChI=1S/C21H27N3O5S/c1-22-21(26)20(17-8-6-5-7-9-17)24(19(25)15-23(2)30(4,27)28)14-16-10-12-18(29-3)13-11-16/h5-13,20H,14-15H2,1-4H3,(H,22,26)/t20-/m0/s1. The van der Waals surface area contributed by atoms with Crippen LogP contribution in [0.3, 0.4) is 0 Å². The summed E-state index contributed by atoms with van der Waals surface area (Å²) in [7, 11) is 0.824. The summed E-state index contributed by atoms with van der Waals surface area (Å²) < 4.78 is 29.7. The molecule has 0 aliphatic carbocycles. The molecule has 0 aliphatic heterocycles. The normalized spacial score (nSPS) is 12.3. The smallest absolute Gasteiger partial charge is 0.247 e. The summed E-state index contributed by atoms with van der Waals surface area (Å²) in [5.41, 5.74) is 1.40. The molecule has 2 aromatic rings. The second kappa shape index (κ2) is 10.2. The van der Waals surface area contributed by atoms with E-state index in [0.717, 1.165) is 16.1 Å². The Kier molecular flexibility index (Phi) is 7.96. The molecule has 30 heavy (non-hydrogen) atoms. The summed E-state index contributed by atoms with van der Waals surface area (Å²) in [6, 6.07) is 15.1. The Morgan fingerprint density at radius 1 is 1.07 bits per heavy atom. The quantitative estimate of drug-likeness (QED) is 0.645.